The molecule has 0 aliphatic carbocycles. The summed E-state index contributed by atoms with van der Waals surface area (Å²) in [7, 11) is 0. The molecule has 0 aliphatic heterocycles. The maximum absolute atomic E-state index is 12.5. The van der Waals surface area contributed by atoms with Gasteiger partial charge in [0.25, 0.3) is 11.8 Å². The van der Waals surface area contributed by atoms with Gasteiger partial charge >= 0.3 is 0 Å². The molecule has 0 bridgehead atoms. The number of nitrogens with one attached hydrogen (secondary N) is 1. The topological polar surface area (TPSA) is 49.4 Å². The molecule has 122 valence electrons. The highest BCUT2D eigenvalue weighted by Crippen LogP contribution is 2.15. The number of amides is 2. The minimum Gasteiger partial charge on any atom is -0.339 e. The maximum atomic E-state index is 12.5. The van der Waals surface area contributed by atoms with Crippen molar-refractivity contribution in [3.05, 3.63) is 52.2 Å². The summed E-state index contributed by atoms with van der Waals surface area (Å²) in [5.41, 5.74) is 1.35. The van der Waals surface area contributed by atoms with E-state index in [0.29, 0.717) is 16.1 Å². The Morgan fingerprint density at radius 2 is 1.70 bits per heavy atom. The van der Waals surface area contributed by atoms with Gasteiger partial charge in [-0.25, -0.2) is 0 Å². The second-order valence-electron chi connectivity index (χ2n) is 5.30. The van der Waals surface area contributed by atoms with Crippen LogP contribution in [0.15, 0.2) is 41.8 Å². The normalized spacial score (nSPS) is 10.3. The summed E-state index contributed by atoms with van der Waals surface area (Å²) in [6.45, 7) is 5.67. The van der Waals surface area contributed by atoms with Gasteiger partial charge in [0.15, 0.2) is 0 Å². The predicted octanol–water partition coefficient (Wildman–Crippen LogP) is 4.26. The van der Waals surface area contributed by atoms with Crippen LogP contribution >= 0.6 is 11.3 Å². The Hall–Kier alpha value is -2.14. The standard InChI is InChI=1S/C18H22N2O2S/c1-3-11-20(12-4-2)18(22)14-7-9-15(10-8-14)19-17(21)16-6-5-13-23-16/h5-10,13H,3-4,11-12H2,1-2H3,(H,19,21). The molecule has 0 unspecified atom stereocenters. The fourth-order valence-corrected chi connectivity index (χ4v) is 2.95. The van der Waals surface area contributed by atoms with E-state index >= 15 is 0 Å². The van der Waals surface area contributed by atoms with Gasteiger partial charge < -0.3 is 10.2 Å². The molecule has 0 spiro atoms. The molecule has 0 atom stereocenters. The van der Waals surface area contributed by atoms with Crippen molar-refractivity contribution >= 4 is 28.8 Å². The molecule has 0 radical (unpaired) electrons. The van der Waals surface area contributed by atoms with E-state index in [9.17, 15) is 9.59 Å². The van der Waals surface area contributed by atoms with Crippen molar-refractivity contribution in [3.63, 3.8) is 0 Å². The van der Waals surface area contributed by atoms with Crippen LogP contribution in [0.2, 0.25) is 0 Å². The second-order valence-corrected chi connectivity index (χ2v) is 6.25. The van der Waals surface area contributed by atoms with Gasteiger partial charge in [-0.2, -0.15) is 0 Å². The number of rotatable bonds is 7. The number of anilines is 1. The van der Waals surface area contributed by atoms with Crippen LogP contribution in [0.3, 0.4) is 0 Å². The number of carbonyl (C=O) groups is 2. The Labute approximate surface area is 141 Å². The molecule has 2 amide bonds. The smallest absolute Gasteiger partial charge is 0.265 e. The summed E-state index contributed by atoms with van der Waals surface area (Å²) < 4.78 is 0. The van der Waals surface area contributed by atoms with E-state index in [1.54, 1.807) is 30.3 Å². The number of hydrogen-bond donors (Lipinski definition) is 1. The molecule has 1 heterocycles. The molecule has 4 nitrogen and oxygen atoms in total. The van der Waals surface area contributed by atoms with Crippen LogP contribution in [-0.4, -0.2) is 29.8 Å². The minimum absolute atomic E-state index is 0.0461. The first-order valence-electron chi connectivity index (χ1n) is 7.90. The molecule has 0 saturated heterocycles. The van der Waals surface area contributed by atoms with E-state index < -0.39 is 0 Å². The van der Waals surface area contributed by atoms with Crippen molar-refractivity contribution < 1.29 is 9.59 Å². The summed E-state index contributed by atoms with van der Waals surface area (Å²) in [5, 5.41) is 4.70. The van der Waals surface area contributed by atoms with E-state index in [0.717, 1.165) is 25.9 Å². The van der Waals surface area contributed by atoms with Gasteiger partial charge in [-0.05, 0) is 48.6 Å². The third-order valence-electron chi connectivity index (χ3n) is 3.41. The summed E-state index contributed by atoms with van der Waals surface area (Å²) in [6.07, 6.45) is 1.89. The Bertz CT molecular complexity index is 630. The van der Waals surface area contributed by atoms with Gasteiger partial charge in [-0.3, -0.25) is 9.59 Å². The molecule has 23 heavy (non-hydrogen) atoms. The van der Waals surface area contributed by atoms with Crippen LogP contribution in [0, 0.1) is 0 Å². The molecule has 1 N–H and O–H groups in total. The second kappa shape index (κ2) is 8.48. The van der Waals surface area contributed by atoms with E-state index in [1.807, 2.05) is 16.3 Å². The molecule has 2 aromatic rings. The lowest BCUT2D eigenvalue weighted by atomic mass is 10.1. The first kappa shape index (κ1) is 17.2. The van der Waals surface area contributed by atoms with Crippen molar-refractivity contribution in [1.82, 2.24) is 4.90 Å². The van der Waals surface area contributed by atoms with Gasteiger partial charge in [-0.15, -0.1) is 11.3 Å². The number of hydrogen-bond acceptors (Lipinski definition) is 3. The lowest BCUT2D eigenvalue weighted by Gasteiger charge is -2.21. The minimum atomic E-state index is -0.127. The largest absolute Gasteiger partial charge is 0.339 e. The molecular weight excluding hydrogens is 308 g/mol. The first-order valence-corrected chi connectivity index (χ1v) is 8.77. The van der Waals surface area contributed by atoms with E-state index in [1.165, 1.54) is 11.3 Å². The molecule has 0 aliphatic rings. The van der Waals surface area contributed by atoms with Crippen molar-refractivity contribution in [2.24, 2.45) is 0 Å². The molecule has 5 heteroatoms. The highest BCUT2D eigenvalue weighted by Gasteiger charge is 2.14. The number of carbonyl (C=O) groups excluding carboxylic acids is 2. The van der Waals surface area contributed by atoms with E-state index in [4.69, 9.17) is 0 Å². The van der Waals surface area contributed by atoms with Crippen LogP contribution in [0.5, 0.6) is 0 Å². The Morgan fingerprint density at radius 1 is 1.04 bits per heavy atom. The van der Waals surface area contributed by atoms with Crippen LogP contribution in [0.4, 0.5) is 5.69 Å². The van der Waals surface area contributed by atoms with Gasteiger partial charge in [-0.1, -0.05) is 19.9 Å². The van der Waals surface area contributed by atoms with E-state index in [2.05, 4.69) is 19.2 Å². The summed E-state index contributed by atoms with van der Waals surface area (Å²) >= 11 is 1.40. The van der Waals surface area contributed by atoms with Crippen molar-refractivity contribution in [3.8, 4) is 0 Å². The lowest BCUT2D eigenvalue weighted by Crippen LogP contribution is -2.32. The zero-order valence-corrected chi connectivity index (χ0v) is 14.4. The van der Waals surface area contributed by atoms with Gasteiger partial charge in [0.1, 0.15) is 0 Å². The van der Waals surface area contributed by atoms with Crippen LogP contribution in [0.25, 0.3) is 0 Å². The summed E-state index contributed by atoms with van der Waals surface area (Å²) in [5.74, 6) is -0.0810. The fourth-order valence-electron chi connectivity index (χ4n) is 2.33. The molecule has 1 aromatic carbocycles. The van der Waals surface area contributed by atoms with Crippen molar-refractivity contribution in [1.29, 1.82) is 0 Å². The van der Waals surface area contributed by atoms with Gasteiger partial charge in [0, 0.05) is 24.3 Å². The summed E-state index contributed by atoms with van der Waals surface area (Å²) in [6, 6.07) is 10.7. The van der Waals surface area contributed by atoms with E-state index in [-0.39, 0.29) is 11.8 Å². The average Bonchev–Trinajstić information content (AvgIpc) is 3.09. The highest BCUT2D eigenvalue weighted by atomic mass is 32.1. The molecule has 2 rings (SSSR count). The van der Waals surface area contributed by atoms with Crippen molar-refractivity contribution in [2.45, 2.75) is 26.7 Å². The Kier molecular flexibility index (Phi) is 6.35. The SMILES string of the molecule is CCCN(CCC)C(=O)c1ccc(NC(=O)c2cccs2)cc1. The zero-order valence-electron chi connectivity index (χ0n) is 13.5. The monoisotopic (exact) mass is 330 g/mol. The highest BCUT2D eigenvalue weighted by molar-refractivity contribution is 7.12. The Morgan fingerprint density at radius 3 is 2.22 bits per heavy atom. The number of benzene rings is 1. The van der Waals surface area contributed by atoms with Gasteiger partial charge in [0.05, 0.1) is 4.88 Å². The lowest BCUT2D eigenvalue weighted by molar-refractivity contribution is 0.0755. The quantitative estimate of drug-likeness (QED) is 0.824. The third kappa shape index (κ3) is 4.66. The molecule has 1 aromatic heterocycles. The third-order valence-corrected chi connectivity index (χ3v) is 4.28. The number of nitrogens with zero attached hydrogens (tertiary/aromatic N) is 1. The summed E-state index contributed by atoms with van der Waals surface area (Å²) in [4.78, 5) is 27.0. The van der Waals surface area contributed by atoms with Crippen LogP contribution in [0.1, 0.15) is 46.7 Å². The Balaban J connectivity index is 2.03. The number of thiophene rings is 1. The molecule has 0 saturated carbocycles. The maximum Gasteiger partial charge on any atom is 0.265 e. The molecular formula is C18H22N2O2S. The average molecular weight is 330 g/mol. The van der Waals surface area contributed by atoms with Crippen LogP contribution < -0.4 is 5.32 Å². The fraction of sp³-hybridized carbons (Fsp3) is 0.333. The van der Waals surface area contributed by atoms with Crippen molar-refractivity contribution in [2.75, 3.05) is 18.4 Å². The predicted molar refractivity (Wildman–Crippen MR) is 95.2 cm³/mol. The zero-order chi connectivity index (χ0) is 16.7. The van der Waals surface area contributed by atoms with Crippen LogP contribution in [-0.2, 0) is 0 Å². The molecule has 0 fully saturated rings. The first-order chi connectivity index (χ1) is 11.2. The van der Waals surface area contributed by atoms with Gasteiger partial charge in [0.2, 0.25) is 0 Å².